The Kier molecular flexibility index (Phi) is 4.51. The summed E-state index contributed by atoms with van der Waals surface area (Å²) in [7, 11) is 0. The summed E-state index contributed by atoms with van der Waals surface area (Å²) in [6.07, 6.45) is -3.34. The number of halogens is 3. The number of amides is 1. The van der Waals surface area contributed by atoms with E-state index in [2.05, 4.69) is 15.0 Å². The summed E-state index contributed by atoms with van der Waals surface area (Å²) in [5.41, 5.74) is -0.723. The first kappa shape index (κ1) is 16.0. The third-order valence-corrected chi connectivity index (χ3v) is 3.09. The Morgan fingerprint density at radius 1 is 1.41 bits per heavy atom. The van der Waals surface area contributed by atoms with Gasteiger partial charge in [-0.2, -0.15) is 13.2 Å². The van der Waals surface area contributed by atoms with E-state index in [9.17, 15) is 23.1 Å². The highest BCUT2D eigenvalue weighted by Crippen LogP contribution is 2.34. The van der Waals surface area contributed by atoms with Crippen molar-refractivity contribution in [2.24, 2.45) is 0 Å². The Labute approximate surface area is 123 Å². The number of aromatic nitrogens is 1. The Morgan fingerprint density at radius 2 is 2.09 bits per heavy atom. The minimum atomic E-state index is -4.58. The summed E-state index contributed by atoms with van der Waals surface area (Å²) in [5, 5.41) is 15.2. The Bertz CT molecular complexity index is 667. The average Bonchev–Trinajstić information content (AvgIpc) is 2.90. The van der Waals surface area contributed by atoms with Gasteiger partial charge in [-0.25, -0.2) is 0 Å². The molecule has 1 aromatic heterocycles. The molecule has 5 nitrogen and oxygen atoms in total. The number of nitrogens with zero attached hydrogens (tertiary/aromatic N) is 1. The van der Waals surface area contributed by atoms with Crippen LogP contribution in [0.5, 0.6) is 0 Å². The van der Waals surface area contributed by atoms with Crippen molar-refractivity contribution >= 4 is 5.91 Å². The first-order chi connectivity index (χ1) is 10.3. The van der Waals surface area contributed by atoms with Gasteiger partial charge in [0.1, 0.15) is 6.26 Å². The molecule has 0 saturated heterocycles. The van der Waals surface area contributed by atoms with Crippen LogP contribution >= 0.6 is 0 Å². The van der Waals surface area contributed by atoms with Gasteiger partial charge in [-0.3, -0.25) is 4.79 Å². The van der Waals surface area contributed by atoms with Gasteiger partial charge in [-0.15, -0.1) is 0 Å². The smallest absolute Gasteiger partial charge is 0.394 e. The monoisotopic (exact) mass is 314 g/mol. The molecule has 22 heavy (non-hydrogen) atoms. The van der Waals surface area contributed by atoms with Crippen molar-refractivity contribution in [3.8, 4) is 0 Å². The Hall–Kier alpha value is -2.35. The molecule has 1 atom stereocenters. The lowest BCUT2D eigenvalue weighted by molar-refractivity contribution is -0.138. The standard InChI is InChI=1S/C14H13F3N2O3/c1-8-7-22-19-12(8)13(21)18-11(6-20)9-4-2-3-5-10(9)14(15,16)17/h2-5,7,11,20H,6H2,1H3,(H,18,21). The van der Waals surface area contributed by atoms with Crippen LogP contribution in [0.25, 0.3) is 0 Å². The summed E-state index contributed by atoms with van der Waals surface area (Å²) in [6, 6.07) is 3.54. The van der Waals surface area contributed by atoms with E-state index in [0.29, 0.717) is 5.56 Å². The van der Waals surface area contributed by atoms with Crippen molar-refractivity contribution in [3.63, 3.8) is 0 Å². The molecule has 0 saturated carbocycles. The molecule has 1 aromatic carbocycles. The lowest BCUT2D eigenvalue weighted by Gasteiger charge is -2.20. The summed E-state index contributed by atoms with van der Waals surface area (Å²) in [4.78, 5) is 12.0. The van der Waals surface area contributed by atoms with Crippen LogP contribution < -0.4 is 5.32 Å². The number of rotatable bonds is 4. The van der Waals surface area contributed by atoms with Crippen molar-refractivity contribution in [1.29, 1.82) is 0 Å². The van der Waals surface area contributed by atoms with Gasteiger partial charge in [0, 0.05) is 5.56 Å². The van der Waals surface area contributed by atoms with Crippen molar-refractivity contribution in [2.45, 2.75) is 19.1 Å². The van der Waals surface area contributed by atoms with Gasteiger partial charge in [0.25, 0.3) is 5.91 Å². The van der Waals surface area contributed by atoms with Crippen molar-refractivity contribution in [2.75, 3.05) is 6.61 Å². The molecule has 0 spiro atoms. The summed E-state index contributed by atoms with van der Waals surface area (Å²) in [5.74, 6) is -0.720. The van der Waals surface area contributed by atoms with Crippen molar-refractivity contribution in [3.05, 3.63) is 52.9 Å². The lowest BCUT2D eigenvalue weighted by atomic mass is 10.00. The molecule has 8 heteroatoms. The molecule has 2 rings (SSSR count). The molecular weight excluding hydrogens is 301 g/mol. The number of aryl methyl sites for hydroxylation is 1. The first-order valence-corrected chi connectivity index (χ1v) is 6.33. The third-order valence-electron chi connectivity index (χ3n) is 3.09. The molecular formula is C14H13F3N2O3. The minimum absolute atomic E-state index is 0.0389. The molecule has 0 radical (unpaired) electrons. The Balaban J connectivity index is 2.30. The van der Waals surface area contributed by atoms with E-state index in [0.717, 1.165) is 6.07 Å². The maximum Gasteiger partial charge on any atom is 0.416 e. The van der Waals surface area contributed by atoms with Gasteiger partial charge in [0.05, 0.1) is 18.2 Å². The zero-order valence-electron chi connectivity index (χ0n) is 11.5. The second kappa shape index (κ2) is 6.18. The Morgan fingerprint density at radius 3 is 2.64 bits per heavy atom. The highest BCUT2D eigenvalue weighted by Gasteiger charge is 2.35. The number of aliphatic hydroxyl groups is 1. The van der Waals surface area contributed by atoms with Crippen LogP contribution in [0.2, 0.25) is 0 Å². The van der Waals surface area contributed by atoms with Crippen molar-refractivity contribution < 1.29 is 27.6 Å². The van der Waals surface area contributed by atoms with E-state index in [4.69, 9.17) is 0 Å². The third kappa shape index (κ3) is 3.28. The zero-order valence-corrected chi connectivity index (χ0v) is 11.5. The number of hydrogen-bond acceptors (Lipinski definition) is 4. The van der Waals surface area contributed by atoms with Gasteiger partial charge >= 0.3 is 6.18 Å². The molecule has 1 heterocycles. The minimum Gasteiger partial charge on any atom is -0.394 e. The van der Waals surface area contributed by atoms with Gasteiger partial charge in [0.15, 0.2) is 5.69 Å². The van der Waals surface area contributed by atoms with Gasteiger partial charge in [-0.1, -0.05) is 23.4 Å². The second-order valence-corrected chi connectivity index (χ2v) is 4.64. The fraction of sp³-hybridized carbons (Fsp3) is 0.286. The van der Waals surface area contributed by atoms with Gasteiger partial charge in [-0.05, 0) is 18.6 Å². The number of nitrogens with one attached hydrogen (secondary N) is 1. The van der Waals surface area contributed by atoms with E-state index < -0.39 is 30.3 Å². The fourth-order valence-corrected chi connectivity index (χ4v) is 2.01. The van der Waals surface area contributed by atoms with E-state index in [-0.39, 0.29) is 11.3 Å². The summed E-state index contributed by atoms with van der Waals surface area (Å²) < 4.78 is 43.6. The predicted octanol–water partition coefficient (Wildman–Crippen LogP) is 2.47. The molecule has 0 aliphatic heterocycles. The first-order valence-electron chi connectivity index (χ1n) is 6.33. The molecule has 0 bridgehead atoms. The number of hydrogen-bond donors (Lipinski definition) is 2. The molecule has 0 aliphatic carbocycles. The number of alkyl halides is 3. The topological polar surface area (TPSA) is 75.4 Å². The molecule has 1 unspecified atom stereocenters. The molecule has 2 aromatic rings. The van der Waals surface area contributed by atoms with Crippen LogP contribution in [0, 0.1) is 6.92 Å². The molecule has 0 aliphatic rings. The highest BCUT2D eigenvalue weighted by atomic mass is 19.4. The number of aliphatic hydroxyl groups excluding tert-OH is 1. The maximum atomic E-state index is 13.0. The normalized spacial score (nSPS) is 13.0. The largest absolute Gasteiger partial charge is 0.416 e. The molecule has 0 fully saturated rings. The fourth-order valence-electron chi connectivity index (χ4n) is 2.01. The van der Waals surface area contributed by atoms with Crippen LogP contribution in [0.1, 0.15) is 33.2 Å². The second-order valence-electron chi connectivity index (χ2n) is 4.64. The summed E-state index contributed by atoms with van der Waals surface area (Å²) >= 11 is 0. The van der Waals surface area contributed by atoms with Gasteiger partial charge < -0.3 is 14.9 Å². The van der Waals surface area contributed by atoms with Crippen molar-refractivity contribution in [1.82, 2.24) is 10.5 Å². The zero-order chi connectivity index (χ0) is 16.3. The number of carbonyl (C=O) groups is 1. The number of carbonyl (C=O) groups excluding carboxylic acids is 1. The van der Waals surface area contributed by atoms with E-state index in [1.807, 2.05) is 0 Å². The summed E-state index contributed by atoms with van der Waals surface area (Å²) in [6.45, 7) is 0.888. The number of benzene rings is 1. The predicted molar refractivity (Wildman–Crippen MR) is 70.0 cm³/mol. The SMILES string of the molecule is Cc1conc1C(=O)NC(CO)c1ccccc1C(F)(F)F. The van der Waals surface area contributed by atoms with Crippen LogP contribution in [0.3, 0.4) is 0 Å². The quantitative estimate of drug-likeness (QED) is 0.909. The molecule has 1 amide bonds. The average molecular weight is 314 g/mol. The lowest BCUT2D eigenvalue weighted by Crippen LogP contribution is -2.32. The molecule has 118 valence electrons. The maximum absolute atomic E-state index is 13.0. The van der Waals surface area contributed by atoms with E-state index in [1.165, 1.54) is 24.5 Å². The van der Waals surface area contributed by atoms with E-state index >= 15 is 0 Å². The van der Waals surface area contributed by atoms with Crippen LogP contribution in [0.15, 0.2) is 35.1 Å². The highest BCUT2D eigenvalue weighted by molar-refractivity contribution is 5.93. The van der Waals surface area contributed by atoms with Crippen LogP contribution in [-0.4, -0.2) is 22.8 Å². The van der Waals surface area contributed by atoms with E-state index in [1.54, 1.807) is 6.92 Å². The van der Waals surface area contributed by atoms with Gasteiger partial charge in [0.2, 0.25) is 0 Å². The molecule has 2 N–H and O–H groups in total. The van der Waals surface area contributed by atoms with Crippen LogP contribution in [-0.2, 0) is 6.18 Å². The van der Waals surface area contributed by atoms with Crippen LogP contribution in [0.4, 0.5) is 13.2 Å².